The average Bonchev–Trinajstić information content (AvgIpc) is 2.29. The van der Waals surface area contributed by atoms with Gasteiger partial charge in [0, 0.05) is 0 Å². The van der Waals surface area contributed by atoms with E-state index in [1.54, 1.807) is 24.3 Å². The van der Waals surface area contributed by atoms with Crippen LogP contribution in [0.15, 0.2) is 60.7 Å². The monoisotopic (exact) mass is 288 g/mol. The topological polar surface area (TPSA) is 60.7 Å². The zero-order valence-corrected chi connectivity index (χ0v) is 10.9. The Morgan fingerprint density at radius 3 is 1.26 bits per heavy atom. The van der Waals surface area contributed by atoms with Gasteiger partial charge in [0.2, 0.25) is 0 Å². The first-order chi connectivity index (χ1) is 8.42. The van der Waals surface area contributed by atoms with Gasteiger partial charge in [0.25, 0.3) is 0 Å². The molecule has 0 spiro atoms. The Bertz CT molecular complexity index is 463. The standard InChI is InChI=1S/C14H17O3P.Na.H/c15-18(16,17,11-13-7-3-1-4-8-13)12-14-9-5-2-6-10-14;;/h1-10,15-17H,11-12H2;;. The van der Waals surface area contributed by atoms with Gasteiger partial charge in [-0.3, -0.25) is 0 Å². The fourth-order valence-corrected chi connectivity index (χ4v) is 4.00. The van der Waals surface area contributed by atoms with E-state index in [2.05, 4.69) is 0 Å². The summed E-state index contributed by atoms with van der Waals surface area (Å²) in [5.74, 6) is 0. The van der Waals surface area contributed by atoms with E-state index in [1.807, 2.05) is 36.4 Å². The fraction of sp³-hybridized carbons (Fsp3) is 0.143. The molecule has 2 rings (SSSR count). The molecule has 0 saturated heterocycles. The van der Waals surface area contributed by atoms with E-state index >= 15 is 0 Å². The van der Waals surface area contributed by atoms with Gasteiger partial charge in [-0.15, -0.1) is 0 Å². The molecule has 0 bridgehead atoms. The van der Waals surface area contributed by atoms with Gasteiger partial charge in [0.1, 0.15) is 0 Å². The molecule has 0 heterocycles. The number of rotatable bonds is 4. The third kappa shape index (κ3) is 5.72. The molecule has 0 unspecified atom stereocenters. The summed E-state index contributed by atoms with van der Waals surface area (Å²) < 4.78 is 0. The molecule has 19 heavy (non-hydrogen) atoms. The third-order valence-corrected chi connectivity index (χ3v) is 4.72. The van der Waals surface area contributed by atoms with Gasteiger partial charge >= 0.3 is 136 Å². The van der Waals surface area contributed by atoms with Gasteiger partial charge in [-0.1, -0.05) is 0 Å². The van der Waals surface area contributed by atoms with Crippen molar-refractivity contribution in [2.75, 3.05) is 0 Å². The van der Waals surface area contributed by atoms with Crippen molar-refractivity contribution in [3.8, 4) is 0 Å². The number of hydrogen-bond acceptors (Lipinski definition) is 3. The van der Waals surface area contributed by atoms with Crippen molar-refractivity contribution in [1.29, 1.82) is 0 Å². The minimum absolute atomic E-state index is 0. The molecule has 0 atom stereocenters. The normalized spacial score (nSPS) is 13.1. The van der Waals surface area contributed by atoms with E-state index in [0.717, 1.165) is 11.1 Å². The van der Waals surface area contributed by atoms with Crippen LogP contribution in [0.3, 0.4) is 0 Å². The molecule has 0 aromatic heterocycles. The molecule has 2 aromatic rings. The zero-order valence-electron chi connectivity index (χ0n) is 9.98. The Hall–Kier alpha value is -0.250. The summed E-state index contributed by atoms with van der Waals surface area (Å²) >= 11 is 0. The van der Waals surface area contributed by atoms with Crippen molar-refractivity contribution in [2.45, 2.75) is 12.3 Å². The Balaban J connectivity index is 0.00000180. The van der Waals surface area contributed by atoms with Crippen LogP contribution in [0.25, 0.3) is 0 Å². The molecule has 0 aliphatic rings. The summed E-state index contributed by atoms with van der Waals surface area (Å²) in [4.78, 5) is 30.4. The molecule has 0 amide bonds. The van der Waals surface area contributed by atoms with Crippen LogP contribution in [0.4, 0.5) is 0 Å². The van der Waals surface area contributed by atoms with Crippen molar-refractivity contribution < 1.29 is 14.7 Å². The van der Waals surface area contributed by atoms with Crippen molar-refractivity contribution in [1.82, 2.24) is 0 Å². The molecule has 0 aliphatic heterocycles. The molecule has 0 saturated carbocycles. The van der Waals surface area contributed by atoms with E-state index in [1.165, 1.54) is 0 Å². The molecule has 98 valence electrons. The van der Waals surface area contributed by atoms with E-state index < -0.39 is 7.28 Å². The second kappa shape index (κ2) is 6.47. The molecule has 0 radical (unpaired) electrons. The second-order valence-corrected chi connectivity index (χ2v) is 7.94. The first-order valence-corrected chi connectivity index (χ1v) is 8.23. The van der Waals surface area contributed by atoms with Crippen molar-refractivity contribution in [2.24, 2.45) is 0 Å². The van der Waals surface area contributed by atoms with Gasteiger partial charge in [0.15, 0.2) is 0 Å². The first-order valence-electron chi connectivity index (χ1n) is 5.76. The van der Waals surface area contributed by atoms with Gasteiger partial charge in [-0.25, -0.2) is 0 Å². The SMILES string of the molecule is OP(O)(O)(Cc1ccccc1)Cc1ccccc1.[NaH]. The van der Waals surface area contributed by atoms with Crippen LogP contribution in [0.1, 0.15) is 11.1 Å². The van der Waals surface area contributed by atoms with Crippen LogP contribution in [-0.2, 0) is 12.3 Å². The molecule has 3 nitrogen and oxygen atoms in total. The van der Waals surface area contributed by atoms with Crippen LogP contribution in [0, 0.1) is 0 Å². The third-order valence-electron chi connectivity index (χ3n) is 2.70. The molecule has 0 aliphatic carbocycles. The molecule has 0 fully saturated rings. The maximum atomic E-state index is 10.1. The van der Waals surface area contributed by atoms with E-state index in [9.17, 15) is 14.7 Å². The predicted octanol–water partition coefficient (Wildman–Crippen LogP) is 2.01. The summed E-state index contributed by atoms with van der Waals surface area (Å²) in [6.45, 7) is 0. The van der Waals surface area contributed by atoms with Crippen molar-refractivity contribution in [3.05, 3.63) is 71.8 Å². The molecule has 5 heteroatoms. The van der Waals surface area contributed by atoms with Gasteiger partial charge in [-0.05, 0) is 0 Å². The summed E-state index contributed by atoms with van der Waals surface area (Å²) in [6, 6.07) is 18.0. The maximum absolute atomic E-state index is 10.1. The summed E-state index contributed by atoms with van der Waals surface area (Å²) in [7, 11) is -4.66. The summed E-state index contributed by atoms with van der Waals surface area (Å²) in [5, 5.41) is 0. The average molecular weight is 288 g/mol. The minimum atomic E-state index is -4.66. The van der Waals surface area contributed by atoms with E-state index in [-0.39, 0.29) is 41.9 Å². The van der Waals surface area contributed by atoms with Crippen LogP contribution in [0.5, 0.6) is 0 Å². The van der Waals surface area contributed by atoms with Gasteiger partial charge in [-0.2, -0.15) is 0 Å². The summed E-state index contributed by atoms with van der Waals surface area (Å²) in [6.07, 6.45) is -0.220. The molecule has 2 aromatic carbocycles. The van der Waals surface area contributed by atoms with Gasteiger partial charge < -0.3 is 0 Å². The Morgan fingerprint density at radius 1 is 0.632 bits per heavy atom. The molecular formula is C14H18NaO3P. The first kappa shape index (κ1) is 16.8. The van der Waals surface area contributed by atoms with Crippen LogP contribution in [0.2, 0.25) is 0 Å². The van der Waals surface area contributed by atoms with E-state index in [0.29, 0.717) is 0 Å². The zero-order chi connectivity index (χ0) is 13.1. The van der Waals surface area contributed by atoms with Crippen molar-refractivity contribution >= 4 is 36.8 Å². The predicted molar refractivity (Wildman–Crippen MR) is 81.0 cm³/mol. The second-order valence-electron chi connectivity index (χ2n) is 4.63. The fourth-order valence-electron chi connectivity index (χ4n) is 1.97. The molecule has 3 N–H and O–H groups in total. The quantitative estimate of drug-likeness (QED) is 0.596. The van der Waals surface area contributed by atoms with Crippen LogP contribution < -0.4 is 0 Å². The van der Waals surface area contributed by atoms with Crippen LogP contribution in [-0.4, -0.2) is 44.2 Å². The van der Waals surface area contributed by atoms with Crippen LogP contribution >= 0.6 is 7.28 Å². The molecular weight excluding hydrogens is 270 g/mol. The Morgan fingerprint density at radius 2 is 0.947 bits per heavy atom. The van der Waals surface area contributed by atoms with E-state index in [4.69, 9.17) is 0 Å². The Kier molecular flexibility index (Phi) is 5.72. The van der Waals surface area contributed by atoms with Gasteiger partial charge in [0.05, 0.1) is 0 Å². The number of hydrogen-bond donors (Lipinski definition) is 3. The van der Waals surface area contributed by atoms with Crippen molar-refractivity contribution in [3.63, 3.8) is 0 Å². The summed E-state index contributed by atoms with van der Waals surface area (Å²) in [5.41, 5.74) is 1.44. The Labute approximate surface area is 135 Å². The number of benzene rings is 2.